The van der Waals surface area contributed by atoms with Gasteiger partial charge in [-0.25, -0.2) is 0 Å². The number of rotatable bonds is 2. The third kappa shape index (κ3) is 3.05. The second-order valence-electron chi connectivity index (χ2n) is 4.49. The summed E-state index contributed by atoms with van der Waals surface area (Å²) in [4.78, 5) is 4.21. The van der Waals surface area contributed by atoms with Gasteiger partial charge < -0.3 is 9.84 Å². The van der Waals surface area contributed by atoms with Crippen molar-refractivity contribution < 1.29 is 4.52 Å². The van der Waals surface area contributed by atoms with Crippen LogP contribution in [0, 0.1) is 0 Å². The summed E-state index contributed by atoms with van der Waals surface area (Å²) in [5.41, 5.74) is -0.0296. The molecule has 0 saturated carbocycles. The van der Waals surface area contributed by atoms with Gasteiger partial charge in [0.05, 0.1) is 0 Å². The molecule has 1 rings (SSSR count). The van der Waals surface area contributed by atoms with Crippen molar-refractivity contribution in [2.24, 2.45) is 0 Å². The highest BCUT2D eigenvalue weighted by Crippen LogP contribution is 2.15. The molecule has 0 amide bonds. The number of hydrogen-bond donors (Lipinski definition) is 1. The zero-order valence-corrected chi connectivity index (χ0v) is 8.88. The number of aromatic nitrogens is 2. The smallest absolute Gasteiger partial charge is 0.263 e. The maximum absolute atomic E-state index is 5.05. The van der Waals surface area contributed by atoms with E-state index in [1.807, 2.05) is 13.8 Å². The normalized spacial score (nSPS) is 12.2. The van der Waals surface area contributed by atoms with Crippen LogP contribution < -0.4 is 5.32 Å². The standard InChI is InChI=1S/C9H17N3O/c1-6(2)7-10-8(12-13-7)11-9(3,4)5/h6H,1-5H3,(H,11,12). The van der Waals surface area contributed by atoms with Crippen LogP contribution in [0.15, 0.2) is 4.52 Å². The largest absolute Gasteiger partial charge is 0.347 e. The van der Waals surface area contributed by atoms with E-state index in [4.69, 9.17) is 4.52 Å². The van der Waals surface area contributed by atoms with E-state index in [9.17, 15) is 0 Å². The van der Waals surface area contributed by atoms with E-state index in [-0.39, 0.29) is 11.5 Å². The minimum absolute atomic E-state index is 0.0296. The lowest BCUT2D eigenvalue weighted by molar-refractivity contribution is 0.365. The average Bonchev–Trinajstić information content (AvgIpc) is 2.31. The van der Waals surface area contributed by atoms with Gasteiger partial charge in [-0.3, -0.25) is 0 Å². The van der Waals surface area contributed by atoms with E-state index < -0.39 is 0 Å². The Bertz CT molecular complexity index is 273. The van der Waals surface area contributed by atoms with E-state index in [1.165, 1.54) is 0 Å². The first kappa shape index (κ1) is 10.0. The zero-order chi connectivity index (χ0) is 10.1. The first-order valence-electron chi connectivity index (χ1n) is 4.50. The molecule has 74 valence electrons. The third-order valence-corrected chi connectivity index (χ3v) is 1.42. The van der Waals surface area contributed by atoms with E-state index in [0.717, 1.165) is 0 Å². The lowest BCUT2D eigenvalue weighted by Gasteiger charge is -2.18. The quantitative estimate of drug-likeness (QED) is 0.765. The Balaban J connectivity index is 2.70. The molecule has 0 fully saturated rings. The van der Waals surface area contributed by atoms with Crippen LogP contribution in [0.25, 0.3) is 0 Å². The summed E-state index contributed by atoms with van der Waals surface area (Å²) >= 11 is 0. The molecule has 0 aliphatic carbocycles. The molecule has 4 nitrogen and oxygen atoms in total. The summed E-state index contributed by atoms with van der Waals surface area (Å²) in [6.45, 7) is 10.2. The molecule has 0 spiro atoms. The minimum Gasteiger partial charge on any atom is -0.347 e. The number of nitrogens with zero attached hydrogens (tertiary/aromatic N) is 2. The van der Waals surface area contributed by atoms with Gasteiger partial charge in [-0.2, -0.15) is 4.98 Å². The molecule has 1 N–H and O–H groups in total. The van der Waals surface area contributed by atoms with E-state index in [0.29, 0.717) is 11.8 Å². The highest BCUT2D eigenvalue weighted by Gasteiger charge is 2.15. The van der Waals surface area contributed by atoms with E-state index >= 15 is 0 Å². The van der Waals surface area contributed by atoms with E-state index in [2.05, 4.69) is 36.2 Å². The SMILES string of the molecule is CC(C)c1nc(NC(C)(C)C)no1. The number of anilines is 1. The molecule has 0 bridgehead atoms. The highest BCUT2D eigenvalue weighted by molar-refractivity contribution is 5.25. The van der Waals surface area contributed by atoms with Crippen molar-refractivity contribution in [3.63, 3.8) is 0 Å². The Morgan fingerprint density at radius 2 is 1.92 bits per heavy atom. The summed E-state index contributed by atoms with van der Waals surface area (Å²) in [6, 6.07) is 0. The van der Waals surface area contributed by atoms with Crippen LogP contribution in [-0.2, 0) is 0 Å². The van der Waals surface area contributed by atoms with Crippen molar-refractivity contribution in [2.75, 3.05) is 5.32 Å². The second kappa shape index (κ2) is 3.36. The summed E-state index contributed by atoms with van der Waals surface area (Å²) in [6.07, 6.45) is 0. The van der Waals surface area contributed by atoms with E-state index in [1.54, 1.807) is 0 Å². The van der Waals surface area contributed by atoms with Gasteiger partial charge in [-0.1, -0.05) is 13.8 Å². The maximum atomic E-state index is 5.05. The van der Waals surface area contributed by atoms with Crippen LogP contribution in [-0.4, -0.2) is 15.7 Å². The molecule has 4 heteroatoms. The molecule has 0 atom stereocenters. The van der Waals surface area contributed by atoms with Crippen LogP contribution in [0.3, 0.4) is 0 Å². The molecular weight excluding hydrogens is 166 g/mol. The topological polar surface area (TPSA) is 51.0 Å². The molecule has 0 unspecified atom stereocenters. The highest BCUT2D eigenvalue weighted by atomic mass is 16.5. The van der Waals surface area contributed by atoms with Gasteiger partial charge in [0, 0.05) is 11.5 Å². The summed E-state index contributed by atoms with van der Waals surface area (Å²) in [7, 11) is 0. The van der Waals surface area contributed by atoms with Gasteiger partial charge in [-0.15, -0.1) is 0 Å². The van der Waals surface area contributed by atoms with Crippen molar-refractivity contribution in [1.29, 1.82) is 0 Å². The molecule has 13 heavy (non-hydrogen) atoms. The fourth-order valence-corrected chi connectivity index (χ4v) is 0.856. The Labute approximate surface area is 78.7 Å². The maximum Gasteiger partial charge on any atom is 0.263 e. The molecule has 0 aliphatic heterocycles. The van der Waals surface area contributed by atoms with Gasteiger partial charge in [0.25, 0.3) is 5.95 Å². The zero-order valence-electron chi connectivity index (χ0n) is 8.88. The first-order valence-corrected chi connectivity index (χ1v) is 4.50. The fraction of sp³-hybridized carbons (Fsp3) is 0.778. The van der Waals surface area contributed by atoms with Crippen molar-refractivity contribution in [2.45, 2.75) is 46.1 Å². The fourth-order valence-electron chi connectivity index (χ4n) is 0.856. The average molecular weight is 183 g/mol. The predicted molar refractivity (Wildman–Crippen MR) is 51.8 cm³/mol. The van der Waals surface area contributed by atoms with Gasteiger partial charge in [-0.05, 0) is 25.9 Å². The molecule has 1 heterocycles. The van der Waals surface area contributed by atoms with Crippen molar-refractivity contribution in [3.05, 3.63) is 5.89 Å². The Hall–Kier alpha value is -1.06. The monoisotopic (exact) mass is 183 g/mol. The summed E-state index contributed by atoms with van der Waals surface area (Å²) in [5, 5.41) is 6.97. The molecular formula is C9H17N3O. The minimum atomic E-state index is -0.0296. The van der Waals surface area contributed by atoms with Gasteiger partial charge >= 0.3 is 0 Å². The molecule has 1 aromatic heterocycles. The van der Waals surface area contributed by atoms with Gasteiger partial charge in [0.2, 0.25) is 5.89 Å². The Kier molecular flexibility index (Phi) is 2.59. The second-order valence-corrected chi connectivity index (χ2v) is 4.49. The van der Waals surface area contributed by atoms with Crippen molar-refractivity contribution >= 4 is 5.95 Å². The van der Waals surface area contributed by atoms with Crippen LogP contribution >= 0.6 is 0 Å². The lowest BCUT2D eigenvalue weighted by Crippen LogP contribution is -2.26. The van der Waals surface area contributed by atoms with Gasteiger partial charge in [0.1, 0.15) is 0 Å². The molecule has 1 aromatic rings. The lowest BCUT2D eigenvalue weighted by atomic mass is 10.1. The molecule has 0 saturated heterocycles. The van der Waals surface area contributed by atoms with Crippen molar-refractivity contribution in [3.8, 4) is 0 Å². The number of hydrogen-bond acceptors (Lipinski definition) is 4. The third-order valence-electron chi connectivity index (χ3n) is 1.42. The van der Waals surface area contributed by atoms with Crippen LogP contribution in [0.4, 0.5) is 5.95 Å². The number of nitrogens with one attached hydrogen (secondary N) is 1. The Morgan fingerprint density at radius 1 is 1.31 bits per heavy atom. The van der Waals surface area contributed by atoms with Crippen molar-refractivity contribution in [1.82, 2.24) is 10.1 Å². The summed E-state index contributed by atoms with van der Waals surface area (Å²) in [5.74, 6) is 1.52. The van der Waals surface area contributed by atoms with Crippen LogP contribution in [0.2, 0.25) is 0 Å². The molecule has 0 radical (unpaired) electrons. The predicted octanol–water partition coefficient (Wildman–Crippen LogP) is 2.40. The molecule has 0 aliphatic rings. The summed E-state index contributed by atoms with van der Waals surface area (Å²) < 4.78 is 5.05. The Morgan fingerprint density at radius 3 is 2.31 bits per heavy atom. The first-order chi connectivity index (χ1) is 5.88. The molecule has 0 aromatic carbocycles. The van der Waals surface area contributed by atoms with Crippen LogP contribution in [0.5, 0.6) is 0 Å². The van der Waals surface area contributed by atoms with Gasteiger partial charge in [0.15, 0.2) is 0 Å². The van der Waals surface area contributed by atoms with Crippen LogP contribution in [0.1, 0.15) is 46.4 Å².